The summed E-state index contributed by atoms with van der Waals surface area (Å²) in [5, 5.41) is 4.30. The molecule has 4 rings (SSSR count). The van der Waals surface area contributed by atoms with Gasteiger partial charge in [0.1, 0.15) is 5.65 Å². The number of rotatable bonds is 4. The second-order valence-electron chi connectivity index (χ2n) is 7.46. The summed E-state index contributed by atoms with van der Waals surface area (Å²) in [6.45, 7) is 7.27. The first-order valence-corrected chi connectivity index (χ1v) is 9.68. The number of benzene rings is 2. The van der Waals surface area contributed by atoms with Crippen molar-refractivity contribution in [2.45, 2.75) is 26.6 Å². The zero-order valence-corrected chi connectivity index (χ0v) is 17.1. The van der Waals surface area contributed by atoms with Gasteiger partial charge in [-0.05, 0) is 37.1 Å². The van der Waals surface area contributed by atoms with E-state index < -0.39 is 17.3 Å². The number of pyridine rings is 1. The Kier molecular flexibility index (Phi) is 5.05. The fourth-order valence-corrected chi connectivity index (χ4v) is 3.64. The van der Waals surface area contributed by atoms with E-state index in [2.05, 4.69) is 11.7 Å². The molecule has 31 heavy (non-hydrogen) atoms. The van der Waals surface area contributed by atoms with Crippen LogP contribution in [0.3, 0.4) is 0 Å². The third-order valence-electron chi connectivity index (χ3n) is 5.23. The van der Waals surface area contributed by atoms with Crippen LogP contribution >= 0.6 is 0 Å². The number of halogens is 3. The van der Waals surface area contributed by atoms with Crippen LogP contribution in [0.5, 0.6) is 0 Å². The minimum absolute atomic E-state index is 0.0737. The standard InChI is InChI=1S/C24H20F3N3O/c1-4-17-7-9-18(10-8-17)14-29-21(31)13-20(24(25,26)27)22-16(3)28-30(23(22)29)19-11-5-15(2)6-12-19/h4-13H,1,14H2,2-3H3. The van der Waals surface area contributed by atoms with Gasteiger partial charge in [-0.2, -0.15) is 18.3 Å². The summed E-state index contributed by atoms with van der Waals surface area (Å²) >= 11 is 0. The summed E-state index contributed by atoms with van der Waals surface area (Å²) < 4.78 is 44.1. The van der Waals surface area contributed by atoms with Crippen LogP contribution < -0.4 is 5.56 Å². The van der Waals surface area contributed by atoms with Crippen LogP contribution in [0.1, 0.15) is 27.9 Å². The molecule has 0 aliphatic rings. The van der Waals surface area contributed by atoms with Gasteiger partial charge in [-0.1, -0.05) is 54.6 Å². The van der Waals surface area contributed by atoms with E-state index in [1.807, 2.05) is 43.3 Å². The molecule has 0 saturated carbocycles. The van der Waals surface area contributed by atoms with E-state index in [0.717, 1.165) is 16.7 Å². The van der Waals surface area contributed by atoms with E-state index in [1.165, 1.54) is 16.2 Å². The maximum absolute atomic E-state index is 13.8. The van der Waals surface area contributed by atoms with Gasteiger partial charge in [-0.25, -0.2) is 4.68 Å². The highest BCUT2D eigenvalue weighted by Crippen LogP contribution is 2.36. The number of alkyl halides is 3. The minimum atomic E-state index is -4.67. The lowest BCUT2D eigenvalue weighted by Gasteiger charge is -2.15. The first-order chi connectivity index (χ1) is 14.7. The molecule has 0 aliphatic carbocycles. The van der Waals surface area contributed by atoms with Crippen LogP contribution in [-0.4, -0.2) is 14.3 Å². The van der Waals surface area contributed by atoms with Crippen molar-refractivity contribution in [2.75, 3.05) is 0 Å². The number of aromatic nitrogens is 3. The Hall–Kier alpha value is -3.61. The van der Waals surface area contributed by atoms with Crippen LogP contribution in [0.15, 0.2) is 66.0 Å². The summed E-state index contributed by atoms with van der Waals surface area (Å²) in [6, 6.07) is 15.2. The molecule has 0 saturated heterocycles. The van der Waals surface area contributed by atoms with Crippen LogP contribution in [-0.2, 0) is 12.7 Å². The highest BCUT2D eigenvalue weighted by Gasteiger charge is 2.36. The molecule has 0 radical (unpaired) electrons. The molecule has 4 aromatic rings. The van der Waals surface area contributed by atoms with E-state index >= 15 is 0 Å². The summed E-state index contributed by atoms with van der Waals surface area (Å²) in [4.78, 5) is 12.9. The SMILES string of the molecule is C=Cc1ccc(Cn2c(=O)cc(C(F)(F)F)c3c(C)nn(-c4ccc(C)cc4)c32)cc1. The highest BCUT2D eigenvalue weighted by molar-refractivity contribution is 5.84. The predicted octanol–water partition coefficient (Wildman–Crippen LogP) is 5.51. The van der Waals surface area contributed by atoms with Crippen molar-refractivity contribution >= 4 is 17.1 Å². The lowest BCUT2D eigenvalue weighted by Crippen LogP contribution is -2.25. The molecule has 2 aromatic carbocycles. The first kappa shape index (κ1) is 20.7. The van der Waals surface area contributed by atoms with Gasteiger partial charge < -0.3 is 0 Å². The topological polar surface area (TPSA) is 39.8 Å². The first-order valence-electron chi connectivity index (χ1n) is 9.68. The molecule has 0 unspecified atom stereocenters. The van der Waals surface area contributed by atoms with E-state index in [-0.39, 0.29) is 23.3 Å². The van der Waals surface area contributed by atoms with Gasteiger partial charge in [0.05, 0.1) is 28.9 Å². The Labute approximate surface area is 176 Å². The smallest absolute Gasteiger partial charge is 0.288 e. The molecule has 0 aliphatic heterocycles. The number of hydrogen-bond donors (Lipinski definition) is 0. The van der Waals surface area contributed by atoms with Gasteiger partial charge in [-0.15, -0.1) is 0 Å². The normalized spacial score (nSPS) is 11.8. The molecule has 0 fully saturated rings. The minimum Gasteiger partial charge on any atom is -0.288 e. The van der Waals surface area contributed by atoms with Gasteiger partial charge in [-0.3, -0.25) is 9.36 Å². The van der Waals surface area contributed by atoms with E-state index in [4.69, 9.17) is 0 Å². The molecular formula is C24H20F3N3O. The van der Waals surface area contributed by atoms with Gasteiger partial charge in [0.2, 0.25) is 0 Å². The fourth-order valence-electron chi connectivity index (χ4n) is 3.64. The number of hydrogen-bond acceptors (Lipinski definition) is 2. The zero-order valence-electron chi connectivity index (χ0n) is 17.1. The molecule has 0 bridgehead atoms. The largest absolute Gasteiger partial charge is 0.417 e. The van der Waals surface area contributed by atoms with Gasteiger partial charge in [0.25, 0.3) is 5.56 Å². The Balaban J connectivity index is 2.02. The number of nitrogens with zero attached hydrogens (tertiary/aromatic N) is 3. The van der Waals surface area contributed by atoms with Gasteiger partial charge in [0.15, 0.2) is 0 Å². The molecule has 0 N–H and O–H groups in total. The molecule has 4 nitrogen and oxygen atoms in total. The summed E-state index contributed by atoms with van der Waals surface area (Å²) in [7, 11) is 0. The number of fused-ring (bicyclic) bond motifs is 1. The van der Waals surface area contributed by atoms with E-state index in [9.17, 15) is 18.0 Å². The van der Waals surface area contributed by atoms with Crippen molar-refractivity contribution in [3.8, 4) is 5.69 Å². The van der Waals surface area contributed by atoms with Crippen molar-refractivity contribution in [3.63, 3.8) is 0 Å². The van der Waals surface area contributed by atoms with Crippen molar-refractivity contribution < 1.29 is 13.2 Å². The molecular weight excluding hydrogens is 403 g/mol. The second kappa shape index (κ2) is 7.58. The van der Waals surface area contributed by atoms with Crippen LogP contribution in [0.2, 0.25) is 0 Å². The van der Waals surface area contributed by atoms with Gasteiger partial charge >= 0.3 is 6.18 Å². The van der Waals surface area contributed by atoms with Crippen molar-refractivity contribution in [2.24, 2.45) is 0 Å². The average Bonchev–Trinajstić information content (AvgIpc) is 3.07. The Morgan fingerprint density at radius 1 is 1.03 bits per heavy atom. The Bertz CT molecular complexity index is 1330. The van der Waals surface area contributed by atoms with Crippen molar-refractivity contribution in [3.05, 3.63) is 99.5 Å². The van der Waals surface area contributed by atoms with Gasteiger partial charge in [0, 0.05) is 6.07 Å². The maximum Gasteiger partial charge on any atom is 0.417 e. The van der Waals surface area contributed by atoms with E-state index in [1.54, 1.807) is 18.2 Å². The molecule has 0 atom stereocenters. The van der Waals surface area contributed by atoms with Crippen LogP contribution in [0.4, 0.5) is 13.2 Å². The summed E-state index contributed by atoms with van der Waals surface area (Å²) in [5.41, 5.74) is 1.90. The molecule has 2 heterocycles. The predicted molar refractivity (Wildman–Crippen MR) is 115 cm³/mol. The van der Waals surface area contributed by atoms with Crippen LogP contribution in [0, 0.1) is 13.8 Å². The van der Waals surface area contributed by atoms with Crippen LogP contribution in [0.25, 0.3) is 22.8 Å². The zero-order chi connectivity index (χ0) is 22.3. The Morgan fingerprint density at radius 3 is 2.26 bits per heavy atom. The molecule has 0 amide bonds. The average molecular weight is 423 g/mol. The monoisotopic (exact) mass is 423 g/mol. The lowest BCUT2D eigenvalue weighted by molar-refractivity contribution is -0.136. The molecule has 2 aromatic heterocycles. The maximum atomic E-state index is 13.8. The third-order valence-corrected chi connectivity index (χ3v) is 5.23. The lowest BCUT2D eigenvalue weighted by atomic mass is 10.1. The third kappa shape index (κ3) is 3.79. The van der Waals surface area contributed by atoms with E-state index in [0.29, 0.717) is 11.8 Å². The molecule has 158 valence electrons. The van der Waals surface area contributed by atoms with Crippen molar-refractivity contribution in [1.29, 1.82) is 0 Å². The summed E-state index contributed by atoms with van der Waals surface area (Å²) in [5.74, 6) is 0. The summed E-state index contributed by atoms with van der Waals surface area (Å²) in [6.07, 6.45) is -2.98. The highest BCUT2D eigenvalue weighted by atomic mass is 19.4. The Morgan fingerprint density at radius 2 is 1.68 bits per heavy atom. The fraction of sp³-hybridized carbons (Fsp3) is 0.167. The second-order valence-corrected chi connectivity index (χ2v) is 7.46. The number of aryl methyl sites for hydroxylation is 2. The quantitative estimate of drug-likeness (QED) is 0.434. The molecule has 7 heteroatoms. The molecule has 0 spiro atoms. The van der Waals surface area contributed by atoms with Crippen molar-refractivity contribution in [1.82, 2.24) is 14.3 Å².